The molecule has 0 aliphatic heterocycles. The molecule has 0 saturated carbocycles. The van der Waals surface area contributed by atoms with Gasteiger partial charge in [0.2, 0.25) is 0 Å². The predicted molar refractivity (Wildman–Crippen MR) is 124 cm³/mol. The number of aliphatic hydroxyl groups excluding tert-OH is 1. The topological polar surface area (TPSA) is 80.7 Å². The van der Waals surface area contributed by atoms with Crippen LogP contribution in [0.1, 0.15) is 18.1 Å². The van der Waals surface area contributed by atoms with E-state index in [1.807, 2.05) is 61.9 Å². The van der Waals surface area contributed by atoms with Gasteiger partial charge < -0.3 is 20.6 Å². The van der Waals surface area contributed by atoms with Crippen LogP contribution in [-0.2, 0) is 0 Å². The van der Waals surface area contributed by atoms with E-state index in [0.29, 0.717) is 22.4 Å². The van der Waals surface area contributed by atoms with Crippen LogP contribution in [0, 0.1) is 0 Å². The number of fused-ring (bicyclic) bond motifs is 3. The highest BCUT2D eigenvalue weighted by atomic mass is 32.1. The molecule has 0 amide bonds. The van der Waals surface area contributed by atoms with Crippen LogP contribution in [-0.4, -0.2) is 42.4 Å². The van der Waals surface area contributed by atoms with Gasteiger partial charge in [0, 0.05) is 22.9 Å². The number of hydrogen-bond donors (Lipinski definition) is 2. The molecule has 2 heterocycles. The zero-order valence-electron chi connectivity index (χ0n) is 17.3. The second kappa shape index (κ2) is 8.10. The Morgan fingerprint density at radius 1 is 1.17 bits per heavy atom. The maximum absolute atomic E-state index is 12.6. The van der Waals surface area contributed by atoms with Crippen LogP contribution >= 0.6 is 11.3 Å². The Kier molecular flexibility index (Phi) is 5.51. The molecule has 4 aromatic rings. The maximum atomic E-state index is 12.6. The predicted octanol–water partition coefficient (Wildman–Crippen LogP) is 3.59. The molecule has 2 aromatic carbocycles. The number of rotatable bonds is 6. The number of methoxy groups -OCH3 is 1. The number of nitrogens with two attached hydrogens (primary N) is 1. The third-order valence-electron chi connectivity index (χ3n) is 5.41. The monoisotopic (exact) mass is 423 g/mol. The average Bonchev–Trinajstić information content (AvgIpc) is 3.25. The van der Waals surface area contributed by atoms with Gasteiger partial charge in [0.15, 0.2) is 0 Å². The zero-order valence-corrected chi connectivity index (χ0v) is 18.1. The van der Waals surface area contributed by atoms with Gasteiger partial charge >= 0.3 is 0 Å². The number of ether oxygens (including phenoxy) is 1. The summed E-state index contributed by atoms with van der Waals surface area (Å²) in [6.07, 6.45) is 0.146. The second-order valence-electron chi connectivity index (χ2n) is 7.61. The lowest BCUT2D eigenvalue weighted by Gasteiger charge is -2.17. The third-order valence-corrected chi connectivity index (χ3v) is 6.31. The molecule has 7 heteroatoms. The Balaban J connectivity index is 1.89. The van der Waals surface area contributed by atoms with Crippen molar-refractivity contribution in [2.24, 2.45) is 0 Å². The van der Waals surface area contributed by atoms with Gasteiger partial charge in [0.1, 0.15) is 10.4 Å². The number of aromatic nitrogens is 1. The van der Waals surface area contributed by atoms with Gasteiger partial charge in [0.25, 0.3) is 5.56 Å². The molecule has 0 spiro atoms. The molecule has 0 bridgehead atoms. The summed E-state index contributed by atoms with van der Waals surface area (Å²) in [7, 11) is 5.61. The fourth-order valence-electron chi connectivity index (χ4n) is 3.81. The van der Waals surface area contributed by atoms with Gasteiger partial charge in [-0.15, -0.1) is 11.3 Å². The van der Waals surface area contributed by atoms with Crippen LogP contribution in [0.5, 0.6) is 5.75 Å². The van der Waals surface area contributed by atoms with E-state index in [-0.39, 0.29) is 5.56 Å². The number of benzene rings is 2. The summed E-state index contributed by atoms with van der Waals surface area (Å²) >= 11 is 1.38. The number of pyridine rings is 1. The number of aliphatic hydroxyl groups is 1. The minimum absolute atomic E-state index is 0.206. The quantitative estimate of drug-likeness (QED) is 0.463. The van der Waals surface area contributed by atoms with Crippen molar-refractivity contribution in [2.45, 2.75) is 12.5 Å². The van der Waals surface area contributed by atoms with E-state index >= 15 is 0 Å². The highest BCUT2D eigenvalue weighted by molar-refractivity contribution is 7.17. The van der Waals surface area contributed by atoms with Crippen molar-refractivity contribution in [3.63, 3.8) is 0 Å². The lowest BCUT2D eigenvalue weighted by atomic mass is 9.95. The molecule has 0 saturated heterocycles. The highest BCUT2D eigenvalue weighted by Gasteiger charge is 2.19. The first-order valence-corrected chi connectivity index (χ1v) is 10.6. The lowest BCUT2D eigenvalue weighted by Crippen LogP contribution is -2.27. The average molecular weight is 424 g/mol. The number of nitrogen functional groups attached to an aromatic ring is 1. The molecule has 30 heavy (non-hydrogen) atoms. The van der Waals surface area contributed by atoms with Crippen molar-refractivity contribution in [1.82, 2.24) is 9.58 Å². The Labute approximate surface area is 178 Å². The summed E-state index contributed by atoms with van der Waals surface area (Å²) < 4.78 is 7.49. The Morgan fingerprint density at radius 3 is 2.57 bits per heavy atom. The van der Waals surface area contributed by atoms with Gasteiger partial charge in [-0.1, -0.05) is 24.3 Å². The molecule has 0 fully saturated rings. The number of hydrogen-bond acceptors (Lipinski definition) is 6. The van der Waals surface area contributed by atoms with Crippen LogP contribution in [0.2, 0.25) is 0 Å². The minimum Gasteiger partial charge on any atom is -0.496 e. The van der Waals surface area contributed by atoms with E-state index < -0.39 is 6.10 Å². The molecule has 0 aliphatic carbocycles. The van der Waals surface area contributed by atoms with E-state index in [9.17, 15) is 9.90 Å². The summed E-state index contributed by atoms with van der Waals surface area (Å²) in [5.74, 6) is 6.84. The van der Waals surface area contributed by atoms with Gasteiger partial charge in [-0.25, -0.2) is 4.68 Å². The second-order valence-corrected chi connectivity index (χ2v) is 8.52. The smallest absolute Gasteiger partial charge is 0.287 e. The third kappa shape index (κ3) is 3.45. The van der Waals surface area contributed by atoms with E-state index in [1.54, 1.807) is 7.11 Å². The van der Waals surface area contributed by atoms with Crippen molar-refractivity contribution in [1.29, 1.82) is 0 Å². The summed E-state index contributed by atoms with van der Waals surface area (Å²) in [6.45, 7) is 0.810. The van der Waals surface area contributed by atoms with Crippen LogP contribution in [0.4, 0.5) is 0 Å². The molecule has 2 aromatic heterocycles. The Hall–Kier alpha value is -2.87. The van der Waals surface area contributed by atoms with Crippen LogP contribution in [0.3, 0.4) is 0 Å². The van der Waals surface area contributed by atoms with E-state index in [2.05, 4.69) is 4.90 Å². The minimum atomic E-state index is -0.520. The SMILES string of the molecule is COc1ccc2c(c1-c1ccc(C(O)CCN(C)C)cc1)c1ccsc1c(=O)n2N. The summed E-state index contributed by atoms with van der Waals surface area (Å²) in [6, 6.07) is 13.4. The molecule has 1 unspecified atom stereocenters. The van der Waals surface area contributed by atoms with E-state index in [0.717, 1.165) is 34.0 Å². The zero-order chi connectivity index (χ0) is 21.4. The summed E-state index contributed by atoms with van der Waals surface area (Å²) in [5, 5.41) is 14.1. The molecule has 6 nitrogen and oxygen atoms in total. The first-order chi connectivity index (χ1) is 14.4. The van der Waals surface area contributed by atoms with E-state index in [4.69, 9.17) is 10.6 Å². The Morgan fingerprint density at radius 2 is 1.90 bits per heavy atom. The largest absolute Gasteiger partial charge is 0.496 e. The number of thiophene rings is 1. The van der Waals surface area contributed by atoms with Crippen molar-refractivity contribution in [3.05, 3.63) is 63.8 Å². The molecule has 4 rings (SSSR count). The standard InChI is InChI=1S/C23H25N3O3S/c1-25(2)12-10-18(27)14-4-6-15(7-5-14)20-19(29-3)9-8-17-21(20)16-11-13-30-22(16)23(28)26(17)24/h4-9,11,13,18,27H,10,12,24H2,1-3H3. The maximum Gasteiger partial charge on any atom is 0.287 e. The lowest BCUT2D eigenvalue weighted by molar-refractivity contribution is 0.154. The first kappa shape index (κ1) is 20.4. The van der Waals surface area contributed by atoms with Crippen LogP contribution in [0.15, 0.2) is 52.6 Å². The molecule has 156 valence electrons. The van der Waals surface area contributed by atoms with Crippen molar-refractivity contribution in [3.8, 4) is 16.9 Å². The molecular weight excluding hydrogens is 398 g/mol. The summed E-state index contributed by atoms with van der Waals surface area (Å²) in [5.41, 5.74) is 3.13. The van der Waals surface area contributed by atoms with Gasteiger partial charge in [0.05, 0.1) is 18.7 Å². The normalized spacial score (nSPS) is 12.7. The molecule has 0 radical (unpaired) electrons. The van der Waals surface area contributed by atoms with Crippen LogP contribution in [0.25, 0.3) is 32.1 Å². The highest BCUT2D eigenvalue weighted by Crippen LogP contribution is 2.40. The Bertz CT molecular complexity index is 1260. The van der Waals surface area contributed by atoms with E-state index in [1.165, 1.54) is 16.0 Å². The fourth-order valence-corrected chi connectivity index (χ4v) is 4.65. The first-order valence-electron chi connectivity index (χ1n) is 9.73. The van der Waals surface area contributed by atoms with Crippen molar-refractivity contribution < 1.29 is 9.84 Å². The van der Waals surface area contributed by atoms with Gasteiger partial charge in [-0.3, -0.25) is 4.79 Å². The van der Waals surface area contributed by atoms with Crippen LogP contribution < -0.4 is 16.1 Å². The number of nitrogens with zero attached hydrogens (tertiary/aromatic N) is 2. The van der Waals surface area contributed by atoms with Crippen molar-refractivity contribution in [2.75, 3.05) is 33.6 Å². The molecule has 3 N–H and O–H groups in total. The molecule has 1 atom stereocenters. The fraction of sp³-hybridized carbons (Fsp3) is 0.261. The molecular formula is C23H25N3O3S. The van der Waals surface area contributed by atoms with Gasteiger partial charge in [-0.05, 0) is 55.2 Å². The van der Waals surface area contributed by atoms with Crippen molar-refractivity contribution >= 4 is 32.3 Å². The molecule has 0 aliphatic rings. The summed E-state index contributed by atoms with van der Waals surface area (Å²) in [4.78, 5) is 14.7. The van der Waals surface area contributed by atoms with Gasteiger partial charge in [-0.2, -0.15) is 0 Å².